The molecule has 0 aliphatic rings. The van der Waals surface area contributed by atoms with Crippen LogP contribution in [0.5, 0.6) is 5.75 Å². The van der Waals surface area contributed by atoms with E-state index in [2.05, 4.69) is 4.98 Å². The van der Waals surface area contributed by atoms with E-state index in [0.717, 1.165) is 12.1 Å². The Hall–Kier alpha value is -1.78. The molecule has 2 rings (SSSR count). The van der Waals surface area contributed by atoms with E-state index in [1.807, 2.05) is 0 Å². The number of pyridine rings is 1. The highest BCUT2D eigenvalue weighted by molar-refractivity contribution is 5.84. The molecule has 1 N–H and O–H groups in total. The number of hydrogen-bond donors (Lipinski definition) is 1. The minimum Gasteiger partial charge on any atom is -0.506 e. The molecule has 0 atom stereocenters. The number of hydrogen-bond acceptors (Lipinski definition) is 2. The standard InChI is InChI=1S/C11H8F3NO/c1-6-8-4-7(11(12,13)14)2-3-9(8)15-5-10(6)16/h2-5,16H,1H3. The first-order valence-electron chi connectivity index (χ1n) is 4.55. The Bertz CT molecular complexity index is 549. The Morgan fingerprint density at radius 1 is 1.25 bits per heavy atom. The van der Waals surface area contributed by atoms with E-state index in [-0.39, 0.29) is 5.75 Å². The van der Waals surface area contributed by atoms with Crippen LogP contribution in [0.15, 0.2) is 24.4 Å². The molecule has 0 aliphatic carbocycles. The Kier molecular flexibility index (Phi) is 2.26. The lowest BCUT2D eigenvalue weighted by atomic mass is 10.1. The third-order valence-electron chi connectivity index (χ3n) is 2.44. The minimum atomic E-state index is -4.38. The van der Waals surface area contributed by atoms with Crippen molar-refractivity contribution in [3.05, 3.63) is 35.5 Å². The molecular weight excluding hydrogens is 219 g/mol. The van der Waals surface area contributed by atoms with Crippen LogP contribution < -0.4 is 0 Å². The van der Waals surface area contributed by atoms with Gasteiger partial charge in [-0.2, -0.15) is 13.2 Å². The van der Waals surface area contributed by atoms with Crippen LogP contribution in [0.2, 0.25) is 0 Å². The maximum Gasteiger partial charge on any atom is 0.416 e. The molecule has 2 aromatic rings. The van der Waals surface area contributed by atoms with Gasteiger partial charge in [0.25, 0.3) is 0 Å². The monoisotopic (exact) mass is 227 g/mol. The number of halogens is 3. The molecule has 0 aliphatic heterocycles. The first kappa shape index (κ1) is 10.7. The van der Waals surface area contributed by atoms with Gasteiger partial charge in [0.2, 0.25) is 0 Å². The summed E-state index contributed by atoms with van der Waals surface area (Å²) in [5.74, 6) is -0.105. The first-order chi connectivity index (χ1) is 7.39. The van der Waals surface area contributed by atoms with E-state index in [1.54, 1.807) is 6.92 Å². The van der Waals surface area contributed by atoms with E-state index < -0.39 is 11.7 Å². The fourth-order valence-electron chi connectivity index (χ4n) is 1.49. The topological polar surface area (TPSA) is 33.1 Å². The molecular formula is C11H8F3NO. The molecule has 0 bridgehead atoms. The molecule has 1 aromatic heterocycles. The Balaban J connectivity index is 2.74. The van der Waals surface area contributed by atoms with Crippen LogP contribution in [-0.4, -0.2) is 10.1 Å². The summed E-state index contributed by atoms with van der Waals surface area (Å²) < 4.78 is 37.4. The number of rotatable bonds is 0. The van der Waals surface area contributed by atoms with Gasteiger partial charge < -0.3 is 5.11 Å². The van der Waals surface area contributed by atoms with E-state index in [9.17, 15) is 18.3 Å². The summed E-state index contributed by atoms with van der Waals surface area (Å²) in [6.45, 7) is 1.56. The van der Waals surface area contributed by atoms with Crippen molar-refractivity contribution in [1.82, 2.24) is 4.98 Å². The maximum atomic E-state index is 12.5. The fraction of sp³-hybridized carbons (Fsp3) is 0.182. The lowest BCUT2D eigenvalue weighted by molar-refractivity contribution is -0.137. The smallest absolute Gasteiger partial charge is 0.416 e. The van der Waals surface area contributed by atoms with Gasteiger partial charge in [0.05, 0.1) is 17.3 Å². The molecule has 0 spiro atoms. The second-order valence-corrected chi connectivity index (χ2v) is 3.50. The molecule has 0 amide bonds. The summed E-state index contributed by atoms with van der Waals surface area (Å²) in [7, 11) is 0. The highest BCUT2D eigenvalue weighted by atomic mass is 19.4. The number of fused-ring (bicyclic) bond motifs is 1. The normalized spacial score (nSPS) is 12.0. The molecule has 84 valence electrons. The second-order valence-electron chi connectivity index (χ2n) is 3.50. The van der Waals surface area contributed by atoms with Gasteiger partial charge in [-0.05, 0) is 25.1 Å². The summed E-state index contributed by atoms with van der Waals surface area (Å²) in [5, 5.41) is 9.68. The molecule has 0 saturated heterocycles. The number of benzene rings is 1. The number of nitrogens with zero attached hydrogens (tertiary/aromatic N) is 1. The van der Waals surface area contributed by atoms with E-state index in [4.69, 9.17) is 0 Å². The van der Waals surface area contributed by atoms with Gasteiger partial charge in [0.15, 0.2) is 0 Å². The van der Waals surface area contributed by atoms with Crippen molar-refractivity contribution in [2.24, 2.45) is 0 Å². The largest absolute Gasteiger partial charge is 0.506 e. The number of aromatic hydroxyl groups is 1. The average Bonchev–Trinajstić information content (AvgIpc) is 2.22. The summed E-state index contributed by atoms with van der Waals surface area (Å²) >= 11 is 0. The molecule has 0 saturated carbocycles. The van der Waals surface area contributed by atoms with Gasteiger partial charge in [-0.1, -0.05) is 0 Å². The first-order valence-corrected chi connectivity index (χ1v) is 4.55. The molecule has 0 radical (unpaired) electrons. The maximum absolute atomic E-state index is 12.5. The molecule has 0 unspecified atom stereocenters. The van der Waals surface area contributed by atoms with E-state index in [1.165, 1.54) is 12.3 Å². The predicted molar refractivity (Wildman–Crippen MR) is 53.1 cm³/mol. The lowest BCUT2D eigenvalue weighted by Crippen LogP contribution is -2.04. The Morgan fingerprint density at radius 2 is 1.94 bits per heavy atom. The van der Waals surface area contributed by atoms with Crippen molar-refractivity contribution in [2.75, 3.05) is 0 Å². The summed E-state index contributed by atoms with van der Waals surface area (Å²) in [6.07, 6.45) is -3.16. The van der Waals surface area contributed by atoms with Crippen LogP contribution in [0.3, 0.4) is 0 Å². The van der Waals surface area contributed by atoms with Gasteiger partial charge in [-0.25, -0.2) is 0 Å². The van der Waals surface area contributed by atoms with Crippen molar-refractivity contribution in [3.8, 4) is 5.75 Å². The quantitative estimate of drug-likeness (QED) is 0.749. The van der Waals surface area contributed by atoms with Crippen molar-refractivity contribution >= 4 is 10.9 Å². The predicted octanol–water partition coefficient (Wildman–Crippen LogP) is 3.27. The van der Waals surface area contributed by atoms with Crippen LogP contribution in [0.25, 0.3) is 10.9 Å². The van der Waals surface area contributed by atoms with Gasteiger partial charge in [-0.3, -0.25) is 4.98 Å². The molecule has 2 nitrogen and oxygen atoms in total. The van der Waals surface area contributed by atoms with Gasteiger partial charge in [0, 0.05) is 10.9 Å². The highest BCUT2D eigenvalue weighted by Gasteiger charge is 2.30. The second kappa shape index (κ2) is 3.37. The molecule has 5 heteroatoms. The van der Waals surface area contributed by atoms with Gasteiger partial charge >= 0.3 is 6.18 Å². The van der Waals surface area contributed by atoms with E-state index >= 15 is 0 Å². The van der Waals surface area contributed by atoms with Crippen LogP contribution in [0.4, 0.5) is 13.2 Å². The van der Waals surface area contributed by atoms with Crippen molar-refractivity contribution in [2.45, 2.75) is 13.1 Å². The van der Waals surface area contributed by atoms with Crippen LogP contribution >= 0.6 is 0 Å². The summed E-state index contributed by atoms with van der Waals surface area (Å²) in [6, 6.07) is 3.27. The molecule has 1 aromatic carbocycles. The Labute approximate surface area is 89.4 Å². The zero-order valence-electron chi connectivity index (χ0n) is 8.34. The number of aromatic nitrogens is 1. The van der Waals surface area contributed by atoms with Crippen molar-refractivity contribution in [1.29, 1.82) is 0 Å². The third-order valence-corrected chi connectivity index (χ3v) is 2.44. The van der Waals surface area contributed by atoms with Gasteiger partial charge in [-0.15, -0.1) is 0 Å². The Morgan fingerprint density at radius 3 is 2.56 bits per heavy atom. The van der Waals surface area contributed by atoms with Crippen LogP contribution in [0.1, 0.15) is 11.1 Å². The number of alkyl halides is 3. The van der Waals surface area contributed by atoms with Crippen molar-refractivity contribution < 1.29 is 18.3 Å². The zero-order valence-corrected chi connectivity index (χ0v) is 8.34. The minimum absolute atomic E-state index is 0.105. The van der Waals surface area contributed by atoms with Gasteiger partial charge in [0.1, 0.15) is 5.75 Å². The third kappa shape index (κ3) is 1.68. The highest BCUT2D eigenvalue weighted by Crippen LogP contribution is 2.33. The molecule has 16 heavy (non-hydrogen) atoms. The summed E-state index contributed by atoms with van der Waals surface area (Å²) in [4.78, 5) is 3.85. The fourth-order valence-corrected chi connectivity index (χ4v) is 1.49. The summed E-state index contributed by atoms with van der Waals surface area (Å²) in [5.41, 5.74) is 0.0925. The lowest BCUT2D eigenvalue weighted by Gasteiger charge is -2.09. The van der Waals surface area contributed by atoms with E-state index in [0.29, 0.717) is 16.5 Å². The number of aryl methyl sites for hydroxylation is 1. The molecule has 1 heterocycles. The van der Waals surface area contributed by atoms with Crippen molar-refractivity contribution in [3.63, 3.8) is 0 Å². The van der Waals surface area contributed by atoms with Crippen LogP contribution in [-0.2, 0) is 6.18 Å². The SMILES string of the molecule is Cc1c(O)cnc2ccc(C(F)(F)F)cc12. The average molecular weight is 227 g/mol. The van der Waals surface area contributed by atoms with Crippen LogP contribution in [0, 0.1) is 6.92 Å². The zero-order chi connectivity index (χ0) is 11.9. The molecule has 0 fully saturated rings.